The summed E-state index contributed by atoms with van der Waals surface area (Å²) in [4.78, 5) is 34.8. The van der Waals surface area contributed by atoms with Gasteiger partial charge in [0.1, 0.15) is 6.61 Å². The van der Waals surface area contributed by atoms with E-state index >= 15 is 0 Å². The predicted molar refractivity (Wildman–Crippen MR) is 141 cm³/mol. The minimum atomic E-state index is -1.01. The Bertz CT molecular complexity index is 1430. The maximum Gasteiger partial charge on any atom is 0.410 e. The van der Waals surface area contributed by atoms with Crippen LogP contribution >= 0.6 is 0 Å². The fourth-order valence-corrected chi connectivity index (χ4v) is 4.51. The molecule has 1 aliphatic heterocycles. The van der Waals surface area contributed by atoms with Gasteiger partial charge in [-0.05, 0) is 37.0 Å². The number of nitrogens with zero attached hydrogens (tertiary/aromatic N) is 5. The smallest absolute Gasteiger partial charge is 0.410 e. The molecule has 2 aromatic heterocycles. The lowest BCUT2D eigenvalue weighted by molar-refractivity contribution is 0.0697. The van der Waals surface area contributed by atoms with Gasteiger partial charge in [-0.25, -0.2) is 19.6 Å². The number of carboxylic acids is 1. The number of aromatic nitrogens is 4. The fraction of sp³-hybridized carbons (Fsp3) is 0.250. The van der Waals surface area contributed by atoms with Crippen molar-refractivity contribution in [3.63, 3.8) is 0 Å². The Morgan fingerprint density at radius 2 is 1.79 bits per heavy atom. The number of carbonyl (C=O) groups excluding carboxylic acids is 1. The topological polar surface area (TPSA) is 122 Å². The molecule has 194 valence electrons. The molecular formula is C28H28N6O4. The van der Waals surface area contributed by atoms with Gasteiger partial charge in [0.05, 0.1) is 29.2 Å². The predicted octanol–water partition coefficient (Wildman–Crippen LogP) is 5.06. The molecule has 5 rings (SSSR count). The average molecular weight is 513 g/mol. The Balaban J connectivity index is 1.20. The number of carboxylic acid groups (broad SMARTS) is 1. The Morgan fingerprint density at radius 3 is 2.55 bits per heavy atom. The van der Waals surface area contributed by atoms with Gasteiger partial charge in [0.25, 0.3) is 0 Å². The number of ether oxygens (including phenoxy) is 1. The summed E-state index contributed by atoms with van der Waals surface area (Å²) in [6.07, 6.45) is 6.49. The molecule has 10 nitrogen and oxygen atoms in total. The lowest BCUT2D eigenvalue weighted by Gasteiger charge is -2.31. The number of aromatic carboxylic acids is 1. The largest absolute Gasteiger partial charge is 0.478 e. The van der Waals surface area contributed by atoms with Crippen LogP contribution < -0.4 is 5.32 Å². The summed E-state index contributed by atoms with van der Waals surface area (Å²) < 4.78 is 7.35. The van der Waals surface area contributed by atoms with E-state index in [1.54, 1.807) is 41.6 Å². The summed E-state index contributed by atoms with van der Waals surface area (Å²) >= 11 is 0. The van der Waals surface area contributed by atoms with E-state index in [4.69, 9.17) is 4.74 Å². The number of benzene rings is 2. The van der Waals surface area contributed by atoms with E-state index in [0.29, 0.717) is 30.3 Å². The van der Waals surface area contributed by atoms with Crippen LogP contribution in [0, 0.1) is 6.92 Å². The molecule has 38 heavy (non-hydrogen) atoms. The molecule has 1 amide bonds. The van der Waals surface area contributed by atoms with E-state index in [9.17, 15) is 14.7 Å². The first kappa shape index (κ1) is 24.9. The number of nitrogens with one attached hydrogen (secondary N) is 1. The normalized spacial score (nSPS) is 13.8. The summed E-state index contributed by atoms with van der Waals surface area (Å²) in [6.45, 7) is 3.29. The first-order valence-corrected chi connectivity index (χ1v) is 12.4. The second kappa shape index (κ2) is 11.1. The van der Waals surface area contributed by atoms with E-state index in [1.165, 1.54) is 0 Å². The monoisotopic (exact) mass is 512 g/mol. The van der Waals surface area contributed by atoms with Crippen molar-refractivity contribution in [3.8, 4) is 11.3 Å². The molecule has 1 saturated heterocycles. The maximum atomic E-state index is 12.5. The quantitative estimate of drug-likeness (QED) is 0.352. The zero-order valence-electron chi connectivity index (χ0n) is 20.9. The summed E-state index contributed by atoms with van der Waals surface area (Å²) in [5.74, 6) is -0.661. The van der Waals surface area contributed by atoms with Crippen molar-refractivity contribution in [1.82, 2.24) is 24.6 Å². The van der Waals surface area contributed by atoms with Crippen molar-refractivity contribution in [2.24, 2.45) is 0 Å². The first-order chi connectivity index (χ1) is 18.5. The molecule has 0 bridgehead atoms. The molecule has 2 aromatic carbocycles. The summed E-state index contributed by atoms with van der Waals surface area (Å²) in [5, 5.41) is 17.2. The van der Waals surface area contributed by atoms with Gasteiger partial charge in [-0.3, -0.25) is 4.68 Å². The number of carbonyl (C=O) groups is 2. The summed E-state index contributed by atoms with van der Waals surface area (Å²) in [5.41, 5.74) is 3.73. The van der Waals surface area contributed by atoms with Crippen LogP contribution in [0.25, 0.3) is 11.3 Å². The number of hydrogen-bond acceptors (Lipinski definition) is 7. The highest BCUT2D eigenvalue weighted by Crippen LogP contribution is 2.28. The Morgan fingerprint density at radius 1 is 1.05 bits per heavy atom. The molecule has 4 aromatic rings. The van der Waals surface area contributed by atoms with Crippen LogP contribution in [0.4, 0.5) is 16.4 Å². The summed E-state index contributed by atoms with van der Waals surface area (Å²) in [6, 6.07) is 16.6. The van der Waals surface area contributed by atoms with E-state index in [1.807, 2.05) is 48.1 Å². The van der Waals surface area contributed by atoms with Crippen molar-refractivity contribution >= 4 is 23.7 Å². The second-order valence-electron chi connectivity index (χ2n) is 9.17. The minimum Gasteiger partial charge on any atom is -0.478 e. The number of aryl methyl sites for hydroxylation is 1. The van der Waals surface area contributed by atoms with Crippen molar-refractivity contribution in [2.75, 3.05) is 18.4 Å². The van der Waals surface area contributed by atoms with Crippen molar-refractivity contribution in [3.05, 3.63) is 89.9 Å². The number of rotatable bonds is 7. The summed E-state index contributed by atoms with van der Waals surface area (Å²) in [7, 11) is 0. The van der Waals surface area contributed by atoms with Gasteiger partial charge < -0.3 is 20.1 Å². The standard InChI is InChI=1S/C28H28N6O4/c1-19-15-29-27(32-25(19)23-9-5-6-10-24(23)26(35)36)31-21-16-30-34(17-21)22-11-13-33(14-12-22)28(37)38-18-20-7-3-2-4-8-20/h2-10,15-17,22H,11-14,18H2,1H3,(H,35,36)(H,29,31,32). The molecule has 1 aliphatic rings. The second-order valence-corrected chi connectivity index (χ2v) is 9.17. The van der Waals surface area contributed by atoms with Crippen molar-refractivity contribution in [2.45, 2.75) is 32.4 Å². The fourth-order valence-electron chi connectivity index (χ4n) is 4.51. The van der Waals surface area contributed by atoms with Gasteiger partial charge in [0, 0.05) is 31.0 Å². The lowest BCUT2D eigenvalue weighted by atomic mass is 10.0. The van der Waals surface area contributed by atoms with Crippen molar-refractivity contribution in [1.29, 1.82) is 0 Å². The highest BCUT2D eigenvalue weighted by molar-refractivity contribution is 5.95. The molecule has 10 heteroatoms. The van der Waals surface area contributed by atoms with Crippen LogP contribution in [0.5, 0.6) is 0 Å². The third-order valence-corrected chi connectivity index (χ3v) is 6.54. The molecule has 1 fully saturated rings. The molecule has 0 radical (unpaired) electrons. The molecule has 0 atom stereocenters. The number of hydrogen-bond donors (Lipinski definition) is 2. The number of anilines is 2. The van der Waals surface area contributed by atoms with Crippen LogP contribution in [0.15, 0.2) is 73.2 Å². The Hall–Kier alpha value is -4.73. The molecule has 0 saturated carbocycles. The van der Waals surface area contributed by atoms with E-state index in [2.05, 4.69) is 20.4 Å². The van der Waals surface area contributed by atoms with Gasteiger partial charge in [0.15, 0.2) is 0 Å². The van der Waals surface area contributed by atoms with Crippen LogP contribution in [0.3, 0.4) is 0 Å². The number of likely N-dealkylation sites (tertiary alicyclic amines) is 1. The lowest BCUT2D eigenvalue weighted by Crippen LogP contribution is -2.39. The molecular weight excluding hydrogens is 484 g/mol. The van der Waals surface area contributed by atoms with E-state index in [0.717, 1.165) is 29.7 Å². The average Bonchev–Trinajstić information content (AvgIpc) is 3.42. The van der Waals surface area contributed by atoms with E-state index in [-0.39, 0.29) is 24.3 Å². The molecule has 3 heterocycles. The SMILES string of the molecule is Cc1cnc(Nc2cnn(C3CCN(C(=O)OCc4ccccc4)CC3)c2)nc1-c1ccccc1C(=O)O. The minimum absolute atomic E-state index is 0.153. The van der Waals surface area contributed by atoms with Crippen LogP contribution in [-0.2, 0) is 11.3 Å². The van der Waals surface area contributed by atoms with Gasteiger partial charge >= 0.3 is 12.1 Å². The van der Waals surface area contributed by atoms with E-state index < -0.39 is 5.97 Å². The maximum absolute atomic E-state index is 12.5. The zero-order valence-corrected chi connectivity index (χ0v) is 20.9. The highest BCUT2D eigenvalue weighted by Gasteiger charge is 2.25. The number of amides is 1. The van der Waals surface area contributed by atoms with Crippen LogP contribution in [0.1, 0.15) is 40.4 Å². The third kappa shape index (κ3) is 5.64. The Labute approximate surface area is 219 Å². The zero-order chi connectivity index (χ0) is 26.5. The van der Waals surface area contributed by atoms with Gasteiger partial charge in [0.2, 0.25) is 5.95 Å². The Kier molecular flexibility index (Phi) is 7.30. The van der Waals surface area contributed by atoms with Gasteiger partial charge in [-0.15, -0.1) is 0 Å². The van der Waals surface area contributed by atoms with Gasteiger partial charge in [-0.1, -0.05) is 48.5 Å². The van der Waals surface area contributed by atoms with Crippen LogP contribution in [-0.4, -0.2) is 54.9 Å². The highest BCUT2D eigenvalue weighted by atomic mass is 16.6. The molecule has 0 unspecified atom stereocenters. The molecule has 2 N–H and O–H groups in total. The van der Waals surface area contributed by atoms with Gasteiger partial charge in [-0.2, -0.15) is 5.10 Å². The number of piperidine rings is 1. The molecule has 0 aliphatic carbocycles. The van der Waals surface area contributed by atoms with Crippen LogP contribution in [0.2, 0.25) is 0 Å². The molecule has 0 spiro atoms. The first-order valence-electron chi connectivity index (χ1n) is 12.4. The van der Waals surface area contributed by atoms with Crippen molar-refractivity contribution < 1.29 is 19.4 Å². The third-order valence-electron chi connectivity index (χ3n) is 6.54.